The van der Waals surface area contributed by atoms with E-state index in [2.05, 4.69) is 0 Å². The molecule has 0 spiro atoms. The molecule has 4 aromatic rings. The fraction of sp³-hybridized carbons (Fsp3) is 0.182. The van der Waals surface area contributed by atoms with E-state index in [0.29, 0.717) is 27.5 Å². The minimum Gasteiger partial charge on any atom is -0.425 e. The molecular weight excluding hydrogens is 364 g/mol. The number of carbonyl (C=O) groups excluding carboxylic acids is 1. The molecule has 0 unspecified atom stereocenters. The van der Waals surface area contributed by atoms with Crippen LogP contribution >= 0.6 is 11.6 Å². The van der Waals surface area contributed by atoms with E-state index in [0.717, 1.165) is 10.8 Å². The molecule has 0 bridgehead atoms. The van der Waals surface area contributed by atoms with Crippen molar-refractivity contribution in [3.63, 3.8) is 0 Å². The second-order valence-electron chi connectivity index (χ2n) is 6.80. The molecule has 0 amide bonds. The molecule has 0 saturated heterocycles. The van der Waals surface area contributed by atoms with Crippen molar-refractivity contribution in [2.75, 3.05) is 0 Å². The van der Waals surface area contributed by atoms with Crippen molar-refractivity contribution < 1.29 is 13.9 Å². The summed E-state index contributed by atoms with van der Waals surface area (Å²) in [6.07, 6.45) is 0. The van der Waals surface area contributed by atoms with Gasteiger partial charge in [-0.25, -0.2) is 4.79 Å². The number of fused-ring (bicyclic) bond motifs is 5. The molecule has 4 nitrogen and oxygen atoms in total. The third kappa shape index (κ3) is 2.96. The lowest BCUT2D eigenvalue weighted by Gasteiger charge is -2.15. The Morgan fingerprint density at radius 2 is 1.63 bits per heavy atom. The Morgan fingerprint density at radius 1 is 1.00 bits per heavy atom. The van der Waals surface area contributed by atoms with Crippen molar-refractivity contribution in [1.82, 2.24) is 0 Å². The second-order valence-corrected chi connectivity index (χ2v) is 7.27. The standard InChI is InChI=1S/C22H17ClO4/c1-12(2)19(23)22(25)26-17-11-13-7-3-4-8-14(13)20-18(17)15-9-5-6-10-16(15)21(24)27-20/h3-12,19H,1-2H3/t19-/m0/s1. The van der Waals surface area contributed by atoms with Crippen LogP contribution in [0.2, 0.25) is 0 Å². The number of alkyl halides is 1. The topological polar surface area (TPSA) is 56.5 Å². The Morgan fingerprint density at radius 3 is 2.33 bits per heavy atom. The maximum absolute atomic E-state index is 12.5. The molecule has 1 heterocycles. The summed E-state index contributed by atoms with van der Waals surface area (Å²) in [6, 6.07) is 16.4. The first-order valence-corrected chi connectivity index (χ1v) is 9.14. The molecular formula is C22H17ClO4. The molecule has 27 heavy (non-hydrogen) atoms. The molecule has 5 heteroatoms. The molecule has 0 saturated carbocycles. The van der Waals surface area contributed by atoms with Gasteiger partial charge in [-0.1, -0.05) is 56.3 Å². The molecule has 0 aliphatic carbocycles. The van der Waals surface area contributed by atoms with Gasteiger partial charge in [0.1, 0.15) is 11.1 Å². The van der Waals surface area contributed by atoms with Crippen LogP contribution in [0.25, 0.3) is 32.5 Å². The fourth-order valence-corrected chi connectivity index (χ4v) is 3.24. The van der Waals surface area contributed by atoms with E-state index >= 15 is 0 Å². The summed E-state index contributed by atoms with van der Waals surface area (Å²) in [6.45, 7) is 3.71. The van der Waals surface area contributed by atoms with Crippen LogP contribution in [-0.4, -0.2) is 11.3 Å². The predicted octanol–water partition coefficient (Wildman–Crippen LogP) is 5.27. The molecule has 136 valence electrons. The van der Waals surface area contributed by atoms with E-state index in [4.69, 9.17) is 20.8 Å². The number of esters is 1. The largest absolute Gasteiger partial charge is 0.425 e. The number of benzene rings is 3. The summed E-state index contributed by atoms with van der Waals surface area (Å²) >= 11 is 6.18. The van der Waals surface area contributed by atoms with Crippen molar-refractivity contribution >= 4 is 50.1 Å². The van der Waals surface area contributed by atoms with Crippen LogP contribution in [0.4, 0.5) is 0 Å². The van der Waals surface area contributed by atoms with Gasteiger partial charge in [-0.3, -0.25) is 4.79 Å². The van der Waals surface area contributed by atoms with Gasteiger partial charge in [0.2, 0.25) is 0 Å². The lowest BCUT2D eigenvalue weighted by molar-refractivity contribution is -0.134. The van der Waals surface area contributed by atoms with Gasteiger partial charge in [0.05, 0.1) is 10.8 Å². The summed E-state index contributed by atoms with van der Waals surface area (Å²) in [4.78, 5) is 25.0. The summed E-state index contributed by atoms with van der Waals surface area (Å²) in [5.74, 6) is -0.265. The maximum Gasteiger partial charge on any atom is 0.344 e. The van der Waals surface area contributed by atoms with Crippen LogP contribution in [0.15, 0.2) is 63.8 Å². The predicted molar refractivity (Wildman–Crippen MR) is 108 cm³/mol. The highest BCUT2D eigenvalue weighted by Crippen LogP contribution is 2.37. The van der Waals surface area contributed by atoms with Gasteiger partial charge in [-0.2, -0.15) is 0 Å². The van der Waals surface area contributed by atoms with E-state index in [-0.39, 0.29) is 5.92 Å². The van der Waals surface area contributed by atoms with Gasteiger partial charge in [-0.05, 0) is 23.4 Å². The first kappa shape index (κ1) is 17.6. The summed E-state index contributed by atoms with van der Waals surface area (Å²) in [7, 11) is 0. The first-order valence-electron chi connectivity index (χ1n) is 8.70. The van der Waals surface area contributed by atoms with E-state index in [9.17, 15) is 9.59 Å². The number of hydrogen-bond donors (Lipinski definition) is 0. The Kier molecular flexibility index (Phi) is 4.36. The molecule has 0 N–H and O–H groups in total. The van der Waals surface area contributed by atoms with Crippen LogP contribution < -0.4 is 10.4 Å². The average molecular weight is 381 g/mol. The second kappa shape index (κ2) is 6.71. The van der Waals surface area contributed by atoms with Crippen LogP contribution in [0.5, 0.6) is 5.75 Å². The number of carbonyl (C=O) groups is 1. The smallest absolute Gasteiger partial charge is 0.344 e. The Labute approximate surface area is 160 Å². The zero-order valence-corrected chi connectivity index (χ0v) is 15.6. The fourth-order valence-electron chi connectivity index (χ4n) is 3.19. The van der Waals surface area contributed by atoms with E-state index < -0.39 is 17.0 Å². The zero-order chi connectivity index (χ0) is 19.1. The highest BCUT2D eigenvalue weighted by atomic mass is 35.5. The highest BCUT2D eigenvalue weighted by molar-refractivity contribution is 6.30. The third-order valence-electron chi connectivity index (χ3n) is 4.60. The first-order chi connectivity index (χ1) is 13.0. The van der Waals surface area contributed by atoms with E-state index in [1.807, 2.05) is 50.2 Å². The SMILES string of the molecule is CC(C)[C@H](Cl)C(=O)Oc1cc2ccccc2c2oc(=O)c3ccccc3c12. The quantitative estimate of drug-likeness (QED) is 0.160. The lowest BCUT2D eigenvalue weighted by Crippen LogP contribution is -2.25. The molecule has 0 aliphatic rings. The molecule has 4 rings (SSSR count). The van der Waals surface area contributed by atoms with Crippen LogP contribution in [0.3, 0.4) is 0 Å². The number of ether oxygens (including phenoxy) is 1. The van der Waals surface area contributed by atoms with Crippen molar-refractivity contribution in [2.24, 2.45) is 5.92 Å². The van der Waals surface area contributed by atoms with Gasteiger partial charge < -0.3 is 9.15 Å². The summed E-state index contributed by atoms with van der Waals surface area (Å²) in [5.41, 5.74) is -0.0283. The van der Waals surface area contributed by atoms with Crippen molar-refractivity contribution in [3.05, 3.63) is 65.0 Å². The lowest BCUT2D eigenvalue weighted by atomic mass is 10.0. The van der Waals surface area contributed by atoms with Gasteiger partial charge >= 0.3 is 11.6 Å². The van der Waals surface area contributed by atoms with Crippen LogP contribution in [-0.2, 0) is 4.79 Å². The van der Waals surface area contributed by atoms with E-state index in [1.54, 1.807) is 18.2 Å². The molecule has 0 aliphatic heterocycles. The van der Waals surface area contributed by atoms with Crippen molar-refractivity contribution in [1.29, 1.82) is 0 Å². The van der Waals surface area contributed by atoms with Crippen molar-refractivity contribution in [2.45, 2.75) is 19.2 Å². The summed E-state index contributed by atoms with van der Waals surface area (Å²) < 4.78 is 11.3. The number of halogens is 1. The van der Waals surface area contributed by atoms with Gasteiger partial charge in [0.15, 0.2) is 5.58 Å². The van der Waals surface area contributed by atoms with E-state index in [1.165, 1.54) is 0 Å². The van der Waals surface area contributed by atoms with Crippen molar-refractivity contribution in [3.8, 4) is 5.75 Å². The average Bonchev–Trinajstić information content (AvgIpc) is 2.67. The number of hydrogen-bond acceptors (Lipinski definition) is 4. The molecule has 0 fully saturated rings. The van der Waals surface area contributed by atoms with Gasteiger partial charge in [-0.15, -0.1) is 11.6 Å². The van der Waals surface area contributed by atoms with Crippen LogP contribution in [0.1, 0.15) is 13.8 Å². The molecule has 3 aromatic carbocycles. The summed E-state index contributed by atoms with van der Waals surface area (Å²) in [5, 5.41) is 2.51. The molecule has 0 radical (unpaired) electrons. The maximum atomic E-state index is 12.5. The van der Waals surface area contributed by atoms with Gasteiger partial charge in [0.25, 0.3) is 0 Å². The zero-order valence-electron chi connectivity index (χ0n) is 14.9. The minimum absolute atomic E-state index is 0.0689. The minimum atomic E-state index is -0.770. The van der Waals surface area contributed by atoms with Crippen LogP contribution in [0, 0.1) is 5.92 Å². The number of rotatable bonds is 3. The normalized spacial score (nSPS) is 12.7. The van der Waals surface area contributed by atoms with Gasteiger partial charge in [0, 0.05) is 10.8 Å². The Hall–Kier alpha value is -2.85. The Bertz CT molecular complexity index is 1240. The molecule has 1 atom stereocenters. The third-order valence-corrected chi connectivity index (χ3v) is 5.28. The highest BCUT2D eigenvalue weighted by Gasteiger charge is 2.24. The monoisotopic (exact) mass is 380 g/mol. The molecule has 1 aromatic heterocycles. The Balaban J connectivity index is 2.08.